The molecule has 0 saturated heterocycles. The highest BCUT2D eigenvalue weighted by Gasteiger charge is 2.38. The SMILES string of the molecule is O=C(O)C(F)(F)F.O=C(O)c1ccc(-c2ccc3c(c2)CC[C@H](CNCC(O)c2ccccc2)O3)cc1. The largest absolute Gasteiger partial charge is 0.490 e. The zero-order chi connectivity index (χ0) is 27.0. The van der Waals surface area contributed by atoms with Gasteiger partial charge in [0.15, 0.2) is 0 Å². The summed E-state index contributed by atoms with van der Waals surface area (Å²) in [6.07, 6.45) is -3.72. The van der Waals surface area contributed by atoms with E-state index in [0.29, 0.717) is 13.1 Å². The summed E-state index contributed by atoms with van der Waals surface area (Å²) < 4.78 is 37.9. The highest BCUT2D eigenvalue weighted by molar-refractivity contribution is 5.88. The molecule has 1 unspecified atom stereocenters. The van der Waals surface area contributed by atoms with E-state index < -0.39 is 24.2 Å². The molecular formula is C27H26F3NO6. The number of aliphatic hydroxyl groups is 1. The van der Waals surface area contributed by atoms with E-state index >= 15 is 0 Å². The molecule has 0 saturated carbocycles. The first-order chi connectivity index (χ1) is 17.5. The molecule has 10 heteroatoms. The van der Waals surface area contributed by atoms with E-state index in [-0.39, 0.29) is 11.7 Å². The predicted octanol–water partition coefficient (Wildman–Crippen LogP) is 4.70. The van der Waals surface area contributed by atoms with E-state index in [4.69, 9.17) is 19.7 Å². The first-order valence-corrected chi connectivity index (χ1v) is 11.4. The second-order valence-electron chi connectivity index (χ2n) is 8.37. The number of benzene rings is 3. The summed E-state index contributed by atoms with van der Waals surface area (Å²) in [6.45, 7) is 1.17. The lowest BCUT2D eigenvalue weighted by Crippen LogP contribution is -2.36. The van der Waals surface area contributed by atoms with Crippen molar-refractivity contribution in [3.05, 3.63) is 89.5 Å². The number of carboxylic acid groups (broad SMARTS) is 2. The van der Waals surface area contributed by atoms with Gasteiger partial charge in [-0.3, -0.25) is 0 Å². The van der Waals surface area contributed by atoms with Crippen LogP contribution in [0.5, 0.6) is 5.75 Å². The fraction of sp³-hybridized carbons (Fsp3) is 0.259. The fourth-order valence-electron chi connectivity index (χ4n) is 3.75. The number of ether oxygens (including phenoxy) is 1. The van der Waals surface area contributed by atoms with Crippen molar-refractivity contribution in [3.8, 4) is 16.9 Å². The van der Waals surface area contributed by atoms with Gasteiger partial charge < -0.3 is 25.4 Å². The Labute approximate surface area is 211 Å². The minimum absolute atomic E-state index is 0.0705. The average Bonchev–Trinajstić information content (AvgIpc) is 2.88. The Balaban J connectivity index is 0.000000479. The molecule has 0 aliphatic carbocycles. The van der Waals surface area contributed by atoms with Crippen molar-refractivity contribution >= 4 is 11.9 Å². The molecule has 196 valence electrons. The van der Waals surface area contributed by atoms with E-state index in [1.54, 1.807) is 12.1 Å². The van der Waals surface area contributed by atoms with Crippen LogP contribution in [0.15, 0.2) is 72.8 Å². The maximum absolute atomic E-state index is 11.0. The van der Waals surface area contributed by atoms with Gasteiger partial charge in [0.25, 0.3) is 0 Å². The van der Waals surface area contributed by atoms with Crippen molar-refractivity contribution in [3.63, 3.8) is 0 Å². The number of aliphatic hydroxyl groups excluding tert-OH is 1. The van der Waals surface area contributed by atoms with Gasteiger partial charge in [0.1, 0.15) is 11.9 Å². The molecule has 4 rings (SSSR count). The summed E-state index contributed by atoms with van der Waals surface area (Å²) in [4.78, 5) is 19.9. The highest BCUT2D eigenvalue weighted by Crippen LogP contribution is 2.32. The molecule has 0 radical (unpaired) electrons. The van der Waals surface area contributed by atoms with Crippen LogP contribution in [0, 0.1) is 0 Å². The Bertz CT molecular complexity index is 1200. The third-order valence-electron chi connectivity index (χ3n) is 5.69. The minimum atomic E-state index is -5.08. The van der Waals surface area contributed by atoms with Crippen LogP contribution in [0.4, 0.5) is 13.2 Å². The number of aliphatic carboxylic acids is 1. The van der Waals surface area contributed by atoms with Crippen LogP contribution >= 0.6 is 0 Å². The number of nitrogens with one attached hydrogen (secondary N) is 1. The van der Waals surface area contributed by atoms with Gasteiger partial charge in [-0.2, -0.15) is 13.2 Å². The molecule has 0 bridgehead atoms. The Morgan fingerprint density at radius 1 is 0.973 bits per heavy atom. The van der Waals surface area contributed by atoms with Crippen LogP contribution in [0.25, 0.3) is 11.1 Å². The molecule has 3 aromatic carbocycles. The quantitative estimate of drug-likeness (QED) is 0.359. The van der Waals surface area contributed by atoms with Gasteiger partial charge in [-0.05, 0) is 59.4 Å². The normalized spacial score (nSPS) is 15.4. The van der Waals surface area contributed by atoms with Gasteiger partial charge in [-0.1, -0.05) is 48.5 Å². The lowest BCUT2D eigenvalue weighted by Gasteiger charge is -2.27. The van der Waals surface area contributed by atoms with Crippen LogP contribution in [-0.2, 0) is 11.2 Å². The number of hydrogen-bond acceptors (Lipinski definition) is 5. The van der Waals surface area contributed by atoms with Gasteiger partial charge in [-0.25, -0.2) is 9.59 Å². The minimum Gasteiger partial charge on any atom is -0.489 e. The second kappa shape index (κ2) is 12.4. The summed E-state index contributed by atoms with van der Waals surface area (Å²) in [5.41, 5.74) is 4.39. The Kier molecular flexibility index (Phi) is 9.26. The summed E-state index contributed by atoms with van der Waals surface area (Å²) >= 11 is 0. The Hall–Kier alpha value is -3.89. The maximum atomic E-state index is 11.0. The summed E-state index contributed by atoms with van der Waals surface area (Å²) in [5, 5.41) is 29.7. The number of fused-ring (bicyclic) bond motifs is 1. The number of carbonyl (C=O) groups is 2. The average molecular weight is 518 g/mol. The van der Waals surface area contributed by atoms with Crippen LogP contribution in [-0.4, -0.2) is 52.6 Å². The smallest absolute Gasteiger partial charge is 0.489 e. The lowest BCUT2D eigenvalue weighted by atomic mass is 9.96. The molecule has 37 heavy (non-hydrogen) atoms. The number of carboxylic acids is 2. The molecule has 0 aromatic heterocycles. The van der Waals surface area contributed by atoms with Crippen molar-refractivity contribution in [2.45, 2.75) is 31.2 Å². The number of rotatable bonds is 7. The van der Waals surface area contributed by atoms with Crippen LogP contribution < -0.4 is 10.1 Å². The van der Waals surface area contributed by atoms with E-state index in [1.165, 1.54) is 0 Å². The molecule has 4 N–H and O–H groups in total. The first kappa shape index (κ1) is 27.7. The third-order valence-corrected chi connectivity index (χ3v) is 5.69. The van der Waals surface area contributed by atoms with Gasteiger partial charge in [0.2, 0.25) is 0 Å². The monoisotopic (exact) mass is 517 g/mol. The molecule has 0 amide bonds. The summed E-state index contributed by atoms with van der Waals surface area (Å²) in [6, 6.07) is 22.7. The Morgan fingerprint density at radius 2 is 1.59 bits per heavy atom. The first-order valence-electron chi connectivity index (χ1n) is 11.4. The van der Waals surface area contributed by atoms with Gasteiger partial charge in [0, 0.05) is 13.1 Å². The molecule has 1 aliphatic rings. The van der Waals surface area contributed by atoms with Crippen LogP contribution in [0.1, 0.15) is 34.0 Å². The van der Waals surface area contributed by atoms with Gasteiger partial charge in [0.05, 0.1) is 11.7 Å². The fourth-order valence-corrected chi connectivity index (χ4v) is 3.75. The molecular weight excluding hydrogens is 491 g/mol. The van der Waals surface area contributed by atoms with Gasteiger partial charge in [-0.15, -0.1) is 0 Å². The van der Waals surface area contributed by atoms with E-state index in [0.717, 1.165) is 40.8 Å². The number of aryl methyl sites for hydroxylation is 1. The Morgan fingerprint density at radius 3 is 2.19 bits per heavy atom. The van der Waals surface area contributed by atoms with Gasteiger partial charge >= 0.3 is 18.1 Å². The van der Waals surface area contributed by atoms with Crippen LogP contribution in [0.3, 0.4) is 0 Å². The second-order valence-corrected chi connectivity index (χ2v) is 8.37. The third kappa shape index (κ3) is 8.06. The molecule has 2 atom stereocenters. The van der Waals surface area contributed by atoms with Crippen molar-refractivity contribution in [1.82, 2.24) is 5.32 Å². The molecule has 0 fully saturated rings. The molecule has 1 heterocycles. The maximum Gasteiger partial charge on any atom is 0.490 e. The molecule has 3 aromatic rings. The van der Waals surface area contributed by atoms with Crippen molar-refractivity contribution in [2.24, 2.45) is 0 Å². The molecule has 0 spiro atoms. The number of halogens is 3. The van der Waals surface area contributed by atoms with E-state index in [9.17, 15) is 23.1 Å². The number of alkyl halides is 3. The summed E-state index contributed by atoms with van der Waals surface area (Å²) in [7, 11) is 0. The zero-order valence-corrected chi connectivity index (χ0v) is 19.6. The van der Waals surface area contributed by atoms with Crippen molar-refractivity contribution in [2.75, 3.05) is 13.1 Å². The zero-order valence-electron chi connectivity index (χ0n) is 19.6. The standard InChI is InChI=1S/C25H25NO4.C2HF3O2/c27-23(18-4-2-1-3-5-18)16-26-15-22-12-10-21-14-20(11-13-24(21)30-22)17-6-8-19(9-7-17)25(28)29;3-2(4,5)1(6)7/h1-9,11,13-14,22-23,26-27H,10,12,15-16H2,(H,28,29);(H,6,7)/t22-,23?;/m1./s1. The predicted molar refractivity (Wildman–Crippen MR) is 130 cm³/mol. The van der Waals surface area contributed by atoms with Crippen molar-refractivity contribution < 1.29 is 42.8 Å². The summed E-state index contributed by atoms with van der Waals surface area (Å²) in [5.74, 6) is -2.79. The number of aromatic carboxylic acids is 1. The topological polar surface area (TPSA) is 116 Å². The van der Waals surface area contributed by atoms with E-state index in [1.807, 2.05) is 54.6 Å². The highest BCUT2D eigenvalue weighted by atomic mass is 19.4. The van der Waals surface area contributed by atoms with Crippen LogP contribution in [0.2, 0.25) is 0 Å². The lowest BCUT2D eigenvalue weighted by molar-refractivity contribution is -0.192. The molecule has 7 nitrogen and oxygen atoms in total. The van der Waals surface area contributed by atoms with Crippen molar-refractivity contribution in [1.29, 1.82) is 0 Å². The number of hydrogen-bond donors (Lipinski definition) is 4. The van der Waals surface area contributed by atoms with E-state index in [2.05, 4.69) is 11.4 Å². The molecule has 1 aliphatic heterocycles.